The summed E-state index contributed by atoms with van der Waals surface area (Å²) in [6.07, 6.45) is 2.96. The average Bonchev–Trinajstić information content (AvgIpc) is 2.16. The minimum atomic E-state index is -1.04. The van der Waals surface area contributed by atoms with E-state index < -0.39 is 5.97 Å². The number of carboxylic acids is 1. The van der Waals surface area contributed by atoms with E-state index in [-0.39, 0.29) is 18.4 Å². The van der Waals surface area contributed by atoms with Crippen LogP contribution in [-0.4, -0.2) is 40.8 Å². The first-order valence-corrected chi connectivity index (χ1v) is 4.94. The van der Waals surface area contributed by atoms with Crippen LogP contribution in [0.3, 0.4) is 0 Å². The van der Waals surface area contributed by atoms with Crippen LogP contribution in [0.15, 0.2) is 4.99 Å². The zero-order chi connectivity index (χ0) is 11.7. The third kappa shape index (κ3) is 9.08. The molecule has 0 amide bonds. The Morgan fingerprint density at radius 3 is 2.60 bits per heavy atom. The largest absolute Gasteiger partial charge is 0.480 e. The smallest absolute Gasteiger partial charge is 0.325 e. The van der Waals surface area contributed by atoms with Crippen molar-refractivity contribution >= 4 is 18.0 Å². The number of carboxylic acid groups (broad SMARTS) is 1. The molecule has 86 valence electrons. The molecule has 0 fully saturated rings. The van der Waals surface area contributed by atoms with Gasteiger partial charge in [-0.3, -0.25) is 14.6 Å². The number of hydrogen-bond acceptors (Lipinski definition) is 4. The van der Waals surface area contributed by atoms with Crippen molar-refractivity contribution < 1.29 is 19.8 Å². The molecule has 0 rings (SSSR count). The highest BCUT2D eigenvalue weighted by Crippen LogP contribution is 2.03. The quantitative estimate of drug-likeness (QED) is 0.353. The van der Waals surface area contributed by atoms with Crippen LogP contribution in [0.25, 0.3) is 0 Å². The first kappa shape index (κ1) is 13.8. The lowest BCUT2D eigenvalue weighted by molar-refractivity contribution is -0.135. The molecular formula is C10H17NO4. The summed E-state index contributed by atoms with van der Waals surface area (Å²) in [7, 11) is 0. The summed E-state index contributed by atoms with van der Waals surface area (Å²) in [6.45, 7) is 1.35. The zero-order valence-corrected chi connectivity index (χ0v) is 8.85. The molecule has 1 atom stereocenters. The highest BCUT2D eigenvalue weighted by molar-refractivity contribution is 6.28. The Morgan fingerprint density at radius 2 is 2.13 bits per heavy atom. The van der Waals surface area contributed by atoms with Gasteiger partial charge in [0.25, 0.3) is 0 Å². The molecule has 1 unspecified atom stereocenters. The monoisotopic (exact) mass is 215 g/mol. The van der Waals surface area contributed by atoms with Crippen molar-refractivity contribution in [3.8, 4) is 0 Å². The Kier molecular flexibility index (Phi) is 7.44. The second kappa shape index (κ2) is 8.11. The van der Waals surface area contributed by atoms with Gasteiger partial charge in [0, 0.05) is 0 Å². The van der Waals surface area contributed by atoms with Crippen LogP contribution in [0.2, 0.25) is 0 Å². The molecule has 5 nitrogen and oxygen atoms in total. The first-order valence-electron chi connectivity index (χ1n) is 4.94. The third-order valence-electron chi connectivity index (χ3n) is 1.86. The number of carbonyl (C=O) groups is 2. The lowest BCUT2D eigenvalue weighted by Crippen LogP contribution is -2.07. The van der Waals surface area contributed by atoms with Gasteiger partial charge in [0.15, 0.2) is 6.29 Å². The van der Waals surface area contributed by atoms with Crippen molar-refractivity contribution in [1.29, 1.82) is 0 Å². The maximum absolute atomic E-state index is 10.5. The van der Waals surface area contributed by atoms with Gasteiger partial charge in [-0.15, -0.1) is 0 Å². The number of aliphatic hydroxyl groups is 1. The summed E-state index contributed by atoms with van der Waals surface area (Å²) in [5.74, 6) is -1.04. The van der Waals surface area contributed by atoms with Crippen molar-refractivity contribution in [2.24, 2.45) is 4.99 Å². The number of aliphatic hydroxyl groups excluding tert-OH is 1. The molecule has 0 heterocycles. The molecule has 5 heteroatoms. The highest BCUT2D eigenvalue weighted by Gasteiger charge is 2.01. The van der Waals surface area contributed by atoms with Crippen molar-refractivity contribution in [3.05, 3.63) is 0 Å². The molecule has 0 aromatic rings. The maximum Gasteiger partial charge on any atom is 0.325 e. The molecule has 2 N–H and O–H groups in total. The average molecular weight is 215 g/mol. The van der Waals surface area contributed by atoms with Gasteiger partial charge in [0.1, 0.15) is 6.54 Å². The van der Waals surface area contributed by atoms with E-state index in [1.165, 1.54) is 0 Å². The number of hydrogen-bond donors (Lipinski definition) is 2. The van der Waals surface area contributed by atoms with Gasteiger partial charge in [0.2, 0.25) is 0 Å². The third-order valence-corrected chi connectivity index (χ3v) is 1.86. The highest BCUT2D eigenvalue weighted by atomic mass is 16.4. The predicted molar refractivity (Wildman–Crippen MR) is 56.2 cm³/mol. The molecular weight excluding hydrogens is 198 g/mol. The number of aldehydes is 1. The Balaban J connectivity index is 3.75. The summed E-state index contributed by atoms with van der Waals surface area (Å²) in [5, 5.41) is 17.3. The molecule has 0 aliphatic rings. The number of rotatable bonds is 8. The van der Waals surface area contributed by atoms with Crippen molar-refractivity contribution in [1.82, 2.24) is 0 Å². The molecule has 15 heavy (non-hydrogen) atoms. The normalized spacial score (nSPS) is 13.6. The van der Waals surface area contributed by atoms with Gasteiger partial charge in [-0.1, -0.05) is 6.42 Å². The standard InChI is InChI=1S/C10H17NO4/c1-8(13)4-2-3-5-9(7-12)11-6-10(14)15/h7-8,13H,2-6H2,1H3,(H,14,15). The Morgan fingerprint density at radius 1 is 1.47 bits per heavy atom. The fourth-order valence-corrected chi connectivity index (χ4v) is 1.09. The number of aliphatic carboxylic acids is 1. The molecule has 0 bridgehead atoms. The van der Waals surface area contributed by atoms with Crippen LogP contribution in [0.5, 0.6) is 0 Å². The van der Waals surface area contributed by atoms with E-state index in [1.54, 1.807) is 6.92 Å². The molecule has 0 aromatic carbocycles. The molecule has 0 saturated heterocycles. The SMILES string of the molecule is CC(O)CCCCC(C=O)=NCC(=O)O. The van der Waals surface area contributed by atoms with Gasteiger partial charge >= 0.3 is 5.97 Å². The van der Waals surface area contributed by atoms with E-state index >= 15 is 0 Å². The molecule has 0 aliphatic heterocycles. The van der Waals surface area contributed by atoms with Crippen LogP contribution >= 0.6 is 0 Å². The number of aliphatic imine (C=N–C) groups is 1. The Labute approximate surface area is 88.8 Å². The van der Waals surface area contributed by atoms with E-state index in [2.05, 4.69) is 4.99 Å². The van der Waals surface area contributed by atoms with Gasteiger partial charge in [-0.2, -0.15) is 0 Å². The fourth-order valence-electron chi connectivity index (χ4n) is 1.09. The van der Waals surface area contributed by atoms with E-state index in [4.69, 9.17) is 10.2 Å². The molecule has 0 aromatic heterocycles. The van der Waals surface area contributed by atoms with E-state index in [1.807, 2.05) is 0 Å². The Bertz CT molecular complexity index is 236. The summed E-state index contributed by atoms with van der Waals surface area (Å²) in [5.41, 5.74) is 0.281. The number of nitrogens with zero attached hydrogens (tertiary/aromatic N) is 1. The molecule has 0 saturated carbocycles. The van der Waals surface area contributed by atoms with Crippen LogP contribution in [0.4, 0.5) is 0 Å². The van der Waals surface area contributed by atoms with Gasteiger partial charge in [-0.05, 0) is 26.2 Å². The topological polar surface area (TPSA) is 87.0 Å². The van der Waals surface area contributed by atoms with Gasteiger partial charge < -0.3 is 10.2 Å². The van der Waals surface area contributed by atoms with Crippen LogP contribution in [0.1, 0.15) is 32.6 Å². The fraction of sp³-hybridized carbons (Fsp3) is 0.700. The van der Waals surface area contributed by atoms with E-state index in [0.29, 0.717) is 19.1 Å². The number of unbranched alkanes of at least 4 members (excludes halogenated alkanes) is 1. The van der Waals surface area contributed by atoms with Crippen molar-refractivity contribution in [2.45, 2.75) is 38.7 Å². The van der Waals surface area contributed by atoms with Crippen molar-refractivity contribution in [2.75, 3.05) is 6.54 Å². The van der Waals surface area contributed by atoms with Gasteiger partial charge in [-0.25, -0.2) is 0 Å². The lowest BCUT2D eigenvalue weighted by Gasteiger charge is -2.02. The van der Waals surface area contributed by atoms with Crippen molar-refractivity contribution in [3.63, 3.8) is 0 Å². The van der Waals surface area contributed by atoms with Crippen LogP contribution in [-0.2, 0) is 9.59 Å². The van der Waals surface area contributed by atoms with E-state index in [0.717, 1.165) is 12.8 Å². The lowest BCUT2D eigenvalue weighted by atomic mass is 10.1. The summed E-state index contributed by atoms with van der Waals surface area (Å²) < 4.78 is 0. The minimum Gasteiger partial charge on any atom is -0.480 e. The van der Waals surface area contributed by atoms with Crippen LogP contribution < -0.4 is 0 Å². The second-order valence-corrected chi connectivity index (χ2v) is 3.41. The first-order chi connectivity index (χ1) is 7.06. The predicted octanol–water partition coefficient (Wildman–Crippen LogP) is 0.652. The van der Waals surface area contributed by atoms with Crippen LogP contribution in [0, 0.1) is 0 Å². The second-order valence-electron chi connectivity index (χ2n) is 3.41. The molecule has 0 spiro atoms. The summed E-state index contributed by atoms with van der Waals surface area (Å²) in [6, 6.07) is 0. The molecule has 0 aliphatic carbocycles. The van der Waals surface area contributed by atoms with E-state index in [9.17, 15) is 9.59 Å². The minimum absolute atomic E-state index is 0.281. The van der Waals surface area contributed by atoms with Gasteiger partial charge in [0.05, 0.1) is 11.8 Å². The summed E-state index contributed by atoms with van der Waals surface area (Å²) in [4.78, 5) is 24.3. The Hall–Kier alpha value is -1.23. The maximum atomic E-state index is 10.5. The molecule has 0 radical (unpaired) electrons. The summed E-state index contributed by atoms with van der Waals surface area (Å²) >= 11 is 0. The number of carbonyl (C=O) groups excluding carboxylic acids is 1. The zero-order valence-electron chi connectivity index (χ0n) is 8.85.